The second-order valence-corrected chi connectivity index (χ2v) is 5.92. The van der Waals surface area contributed by atoms with Crippen molar-refractivity contribution in [2.45, 2.75) is 32.2 Å². The van der Waals surface area contributed by atoms with Gasteiger partial charge in [-0.15, -0.1) is 0 Å². The van der Waals surface area contributed by atoms with Crippen LogP contribution in [0, 0.1) is 0 Å². The fraction of sp³-hybridized carbons (Fsp3) is 0.538. The number of benzene rings is 1. The van der Waals surface area contributed by atoms with Gasteiger partial charge in [-0.05, 0) is 24.6 Å². The average Bonchev–Trinajstić information content (AvgIpc) is 2.16. The Hall–Kier alpha value is -0.380. The summed E-state index contributed by atoms with van der Waals surface area (Å²) in [7, 11) is 0. The molecule has 0 bridgehead atoms. The van der Waals surface area contributed by atoms with Crippen LogP contribution in [-0.2, 0) is 5.41 Å². The van der Waals surface area contributed by atoms with Crippen molar-refractivity contribution >= 4 is 15.9 Å². The Morgan fingerprint density at radius 1 is 1.44 bits per heavy atom. The number of hydrogen-bond acceptors (Lipinski definition) is 2. The first-order valence-electron chi connectivity index (χ1n) is 5.64. The van der Waals surface area contributed by atoms with E-state index < -0.39 is 0 Å². The van der Waals surface area contributed by atoms with Gasteiger partial charge >= 0.3 is 0 Å². The van der Waals surface area contributed by atoms with Crippen molar-refractivity contribution < 1.29 is 0 Å². The van der Waals surface area contributed by atoms with Gasteiger partial charge in [0.15, 0.2) is 0 Å². The van der Waals surface area contributed by atoms with E-state index in [0.29, 0.717) is 0 Å². The van der Waals surface area contributed by atoms with Crippen molar-refractivity contribution in [3.63, 3.8) is 0 Å². The van der Waals surface area contributed by atoms with Gasteiger partial charge in [-0.2, -0.15) is 0 Å². The van der Waals surface area contributed by atoms with E-state index >= 15 is 0 Å². The van der Waals surface area contributed by atoms with Crippen molar-refractivity contribution in [2.75, 3.05) is 13.1 Å². The number of nitrogens with one attached hydrogen (secondary N) is 1. The van der Waals surface area contributed by atoms with Gasteiger partial charge in [0.1, 0.15) is 0 Å². The first kappa shape index (κ1) is 13.7. The van der Waals surface area contributed by atoms with E-state index in [1.807, 2.05) is 6.92 Å². The van der Waals surface area contributed by atoms with Crippen LogP contribution in [0.2, 0.25) is 0 Å². The van der Waals surface area contributed by atoms with Gasteiger partial charge in [0.25, 0.3) is 0 Å². The third-order valence-corrected chi connectivity index (χ3v) is 3.13. The maximum absolute atomic E-state index is 5.71. The van der Waals surface area contributed by atoms with Crippen LogP contribution in [0.5, 0.6) is 0 Å². The van der Waals surface area contributed by atoms with Crippen LogP contribution in [0.25, 0.3) is 0 Å². The molecule has 16 heavy (non-hydrogen) atoms. The standard InChI is InChI=1S/C13H21BrN2/c1-10(15)8-16-9-13(2,3)11-5-4-6-12(14)7-11/h4-7,10,16H,8-9,15H2,1-3H3. The van der Waals surface area contributed by atoms with Crippen molar-refractivity contribution in [1.29, 1.82) is 0 Å². The van der Waals surface area contributed by atoms with Crippen molar-refractivity contribution in [3.8, 4) is 0 Å². The lowest BCUT2D eigenvalue weighted by Gasteiger charge is -2.26. The number of hydrogen-bond donors (Lipinski definition) is 2. The summed E-state index contributed by atoms with van der Waals surface area (Å²) in [5.74, 6) is 0. The third kappa shape index (κ3) is 4.24. The first-order valence-corrected chi connectivity index (χ1v) is 6.43. The summed E-state index contributed by atoms with van der Waals surface area (Å²) < 4.78 is 1.13. The molecule has 0 fully saturated rings. The minimum Gasteiger partial charge on any atom is -0.327 e. The highest BCUT2D eigenvalue weighted by molar-refractivity contribution is 9.10. The molecule has 1 aromatic carbocycles. The smallest absolute Gasteiger partial charge is 0.0178 e. The van der Waals surface area contributed by atoms with Gasteiger partial charge in [0, 0.05) is 29.0 Å². The summed E-state index contributed by atoms with van der Waals surface area (Å²) in [4.78, 5) is 0. The first-order chi connectivity index (χ1) is 7.42. The normalized spacial score (nSPS) is 13.8. The molecule has 0 aliphatic heterocycles. The second kappa shape index (κ2) is 5.80. The van der Waals surface area contributed by atoms with Crippen molar-refractivity contribution in [3.05, 3.63) is 34.3 Å². The summed E-state index contributed by atoms with van der Waals surface area (Å²) in [5.41, 5.74) is 7.17. The Morgan fingerprint density at radius 2 is 2.12 bits per heavy atom. The highest BCUT2D eigenvalue weighted by Crippen LogP contribution is 2.24. The summed E-state index contributed by atoms with van der Waals surface area (Å²) in [6.07, 6.45) is 0. The van der Waals surface area contributed by atoms with Gasteiger partial charge in [-0.3, -0.25) is 0 Å². The number of nitrogens with two attached hydrogens (primary N) is 1. The lowest BCUT2D eigenvalue weighted by atomic mass is 9.84. The molecule has 2 nitrogen and oxygen atoms in total. The molecule has 0 saturated heterocycles. The monoisotopic (exact) mass is 284 g/mol. The lowest BCUT2D eigenvalue weighted by molar-refractivity contribution is 0.458. The Kier molecular flexibility index (Phi) is 4.96. The van der Waals surface area contributed by atoms with Crippen LogP contribution < -0.4 is 11.1 Å². The van der Waals surface area contributed by atoms with Crippen LogP contribution in [0.15, 0.2) is 28.7 Å². The number of rotatable bonds is 5. The molecule has 0 heterocycles. The van der Waals surface area contributed by atoms with E-state index in [-0.39, 0.29) is 11.5 Å². The highest BCUT2D eigenvalue weighted by Gasteiger charge is 2.20. The van der Waals surface area contributed by atoms with E-state index in [1.54, 1.807) is 0 Å². The van der Waals surface area contributed by atoms with E-state index in [4.69, 9.17) is 5.73 Å². The molecular weight excluding hydrogens is 264 g/mol. The van der Waals surface area contributed by atoms with Gasteiger partial charge < -0.3 is 11.1 Å². The molecule has 0 aromatic heterocycles. The largest absolute Gasteiger partial charge is 0.327 e. The predicted octanol–water partition coefficient (Wildman–Crippen LogP) is 2.66. The van der Waals surface area contributed by atoms with Crippen molar-refractivity contribution in [1.82, 2.24) is 5.32 Å². The fourth-order valence-electron chi connectivity index (χ4n) is 1.62. The molecule has 3 heteroatoms. The fourth-order valence-corrected chi connectivity index (χ4v) is 2.02. The minimum atomic E-state index is 0.124. The maximum atomic E-state index is 5.71. The van der Waals surface area contributed by atoms with E-state index in [1.165, 1.54) is 5.56 Å². The summed E-state index contributed by atoms with van der Waals surface area (Å²) >= 11 is 3.51. The van der Waals surface area contributed by atoms with Gasteiger partial charge in [-0.1, -0.05) is 41.9 Å². The zero-order valence-electron chi connectivity index (χ0n) is 10.3. The average molecular weight is 285 g/mol. The molecule has 1 atom stereocenters. The SMILES string of the molecule is CC(N)CNCC(C)(C)c1cccc(Br)c1. The molecule has 0 spiro atoms. The molecule has 0 aliphatic carbocycles. The summed E-state index contributed by atoms with van der Waals surface area (Å²) in [6.45, 7) is 8.29. The highest BCUT2D eigenvalue weighted by atomic mass is 79.9. The minimum absolute atomic E-state index is 0.124. The van der Waals surface area contributed by atoms with E-state index in [9.17, 15) is 0 Å². The molecule has 0 amide bonds. The summed E-state index contributed by atoms with van der Waals surface area (Å²) in [5, 5.41) is 3.40. The van der Waals surface area contributed by atoms with Crippen molar-refractivity contribution in [2.24, 2.45) is 5.73 Å². The molecule has 1 rings (SSSR count). The molecule has 0 saturated carbocycles. The predicted molar refractivity (Wildman–Crippen MR) is 73.7 cm³/mol. The maximum Gasteiger partial charge on any atom is 0.0178 e. The molecular formula is C13H21BrN2. The second-order valence-electron chi connectivity index (χ2n) is 5.00. The molecule has 0 radical (unpaired) electrons. The number of halogens is 1. The third-order valence-electron chi connectivity index (χ3n) is 2.64. The van der Waals surface area contributed by atoms with E-state index in [2.05, 4.69) is 59.4 Å². The summed E-state index contributed by atoms with van der Waals surface area (Å²) in [6, 6.07) is 8.67. The molecule has 3 N–H and O–H groups in total. The van der Waals surface area contributed by atoms with Gasteiger partial charge in [0.2, 0.25) is 0 Å². The Morgan fingerprint density at radius 3 is 2.69 bits per heavy atom. The molecule has 1 unspecified atom stereocenters. The van der Waals surface area contributed by atoms with Gasteiger partial charge in [0.05, 0.1) is 0 Å². The van der Waals surface area contributed by atoms with E-state index in [0.717, 1.165) is 17.6 Å². The van der Waals surface area contributed by atoms with Crippen LogP contribution >= 0.6 is 15.9 Å². The van der Waals surface area contributed by atoms with Crippen LogP contribution in [0.1, 0.15) is 26.3 Å². The zero-order chi connectivity index (χ0) is 12.2. The molecule has 0 aliphatic rings. The van der Waals surface area contributed by atoms with Crippen LogP contribution in [0.3, 0.4) is 0 Å². The molecule has 90 valence electrons. The van der Waals surface area contributed by atoms with Crippen LogP contribution in [-0.4, -0.2) is 19.1 Å². The topological polar surface area (TPSA) is 38.0 Å². The van der Waals surface area contributed by atoms with Gasteiger partial charge in [-0.25, -0.2) is 0 Å². The quantitative estimate of drug-likeness (QED) is 0.873. The zero-order valence-corrected chi connectivity index (χ0v) is 11.8. The Labute approximate surface area is 107 Å². The Bertz CT molecular complexity index is 334. The lowest BCUT2D eigenvalue weighted by Crippen LogP contribution is -2.38. The van der Waals surface area contributed by atoms with Crippen LogP contribution in [0.4, 0.5) is 0 Å². The Balaban J connectivity index is 2.62. The molecule has 1 aromatic rings.